The fraction of sp³-hybridized carbons (Fsp3) is 0.211. The molecule has 8 nitrogen and oxygen atoms in total. The van der Waals surface area contributed by atoms with Crippen molar-refractivity contribution < 1.29 is 18.3 Å². The van der Waals surface area contributed by atoms with Gasteiger partial charge in [0.1, 0.15) is 5.75 Å². The van der Waals surface area contributed by atoms with Crippen molar-refractivity contribution in [3.05, 3.63) is 71.4 Å². The summed E-state index contributed by atoms with van der Waals surface area (Å²) >= 11 is 0. The highest BCUT2D eigenvalue weighted by Crippen LogP contribution is 2.36. The van der Waals surface area contributed by atoms with Gasteiger partial charge in [-0.1, -0.05) is 17.7 Å². The molecule has 2 N–H and O–H groups in total. The number of hydrogen-bond donors (Lipinski definition) is 2. The Morgan fingerprint density at radius 2 is 2.17 bits per heavy atom. The van der Waals surface area contributed by atoms with Crippen molar-refractivity contribution in [1.82, 2.24) is 30.3 Å². The molecule has 150 valence electrons. The predicted molar refractivity (Wildman–Crippen MR) is 100.0 cm³/mol. The summed E-state index contributed by atoms with van der Waals surface area (Å²) in [6.07, 6.45) is 4.59. The molecule has 4 rings (SSSR count). The zero-order valence-corrected chi connectivity index (χ0v) is 15.6. The third-order valence-electron chi connectivity index (χ3n) is 4.55. The van der Waals surface area contributed by atoms with Gasteiger partial charge in [0, 0.05) is 25.0 Å². The molecule has 0 radical (unpaired) electrons. The number of hydrogen-bond acceptors (Lipinski definition) is 6. The van der Waals surface area contributed by atoms with Crippen LogP contribution in [0.2, 0.25) is 0 Å². The van der Waals surface area contributed by atoms with Gasteiger partial charge in [-0.3, -0.25) is 4.79 Å². The summed E-state index contributed by atoms with van der Waals surface area (Å²) in [7, 11) is 1.74. The quantitative estimate of drug-likeness (QED) is 0.684. The molecular formula is C19H18F2N6O2. The summed E-state index contributed by atoms with van der Waals surface area (Å²) in [5, 5.41) is 8.65. The number of aryl methyl sites for hydroxylation is 1. The molecule has 3 aromatic rings. The first kappa shape index (κ1) is 18.8. The lowest BCUT2D eigenvalue weighted by Gasteiger charge is -2.25. The van der Waals surface area contributed by atoms with Crippen LogP contribution in [0.1, 0.15) is 27.7 Å². The van der Waals surface area contributed by atoms with Gasteiger partial charge in [0.15, 0.2) is 11.3 Å². The number of halogens is 2. The summed E-state index contributed by atoms with van der Waals surface area (Å²) < 4.78 is 31.9. The van der Waals surface area contributed by atoms with Gasteiger partial charge in [-0.15, -0.1) is 0 Å². The first-order valence-corrected chi connectivity index (χ1v) is 8.78. The lowest BCUT2D eigenvalue weighted by Crippen LogP contribution is -2.33. The summed E-state index contributed by atoms with van der Waals surface area (Å²) in [6.45, 7) is -1.10. The molecule has 1 aliphatic rings. The fourth-order valence-corrected chi connectivity index (χ4v) is 3.28. The number of nitrogens with zero attached hydrogens (tertiary/aromatic N) is 4. The number of amides is 1. The van der Waals surface area contributed by atoms with Gasteiger partial charge in [0.25, 0.3) is 5.91 Å². The number of rotatable bonds is 5. The van der Waals surface area contributed by atoms with Crippen LogP contribution in [0.25, 0.3) is 5.65 Å². The SMILES string of the molecule is Cc1ccc(OC(F)F)c(C2C(NC(=O)c3cnc4cccnn34)=CNN2C)c1. The Bertz CT molecular complexity index is 1100. The van der Waals surface area contributed by atoms with Crippen LogP contribution in [0, 0.1) is 6.92 Å². The number of alkyl halides is 2. The van der Waals surface area contributed by atoms with Crippen molar-refractivity contribution in [2.45, 2.75) is 19.6 Å². The Labute approximate surface area is 164 Å². The van der Waals surface area contributed by atoms with Crippen molar-refractivity contribution in [2.24, 2.45) is 0 Å². The van der Waals surface area contributed by atoms with E-state index < -0.39 is 18.6 Å². The van der Waals surface area contributed by atoms with Crippen LogP contribution in [0.3, 0.4) is 0 Å². The fourth-order valence-electron chi connectivity index (χ4n) is 3.28. The number of hydrazine groups is 1. The van der Waals surface area contributed by atoms with Crippen molar-refractivity contribution >= 4 is 11.6 Å². The molecular weight excluding hydrogens is 382 g/mol. The molecule has 2 aromatic heterocycles. The normalized spacial score (nSPS) is 16.7. The second-order valence-electron chi connectivity index (χ2n) is 6.55. The largest absolute Gasteiger partial charge is 0.434 e. The second kappa shape index (κ2) is 7.47. The Morgan fingerprint density at radius 1 is 1.34 bits per heavy atom. The lowest BCUT2D eigenvalue weighted by molar-refractivity contribution is -0.0510. The average molecular weight is 400 g/mol. The van der Waals surface area contributed by atoms with E-state index in [1.165, 1.54) is 16.8 Å². The van der Waals surface area contributed by atoms with E-state index >= 15 is 0 Å². The minimum atomic E-state index is -2.96. The van der Waals surface area contributed by atoms with E-state index in [-0.39, 0.29) is 11.4 Å². The Morgan fingerprint density at radius 3 is 2.97 bits per heavy atom. The minimum absolute atomic E-state index is 0.0442. The molecule has 0 spiro atoms. The zero-order valence-electron chi connectivity index (χ0n) is 15.6. The molecule has 29 heavy (non-hydrogen) atoms. The van der Waals surface area contributed by atoms with Crippen molar-refractivity contribution in [3.63, 3.8) is 0 Å². The number of benzene rings is 1. The number of likely N-dealkylation sites (N-methyl/N-ethyl adjacent to an activating group) is 1. The molecule has 1 aromatic carbocycles. The number of nitrogens with one attached hydrogen (secondary N) is 2. The van der Waals surface area contributed by atoms with Crippen molar-refractivity contribution in [1.29, 1.82) is 0 Å². The monoisotopic (exact) mass is 400 g/mol. The van der Waals surface area contributed by atoms with Crippen molar-refractivity contribution in [2.75, 3.05) is 7.05 Å². The van der Waals surface area contributed by atoms with Gasteiger partial charge in [-0.2, -0.15) is 13.9 Å². The highest BCUT2D eigenvalue weighted by atomic mass is 19.3. The van der Waals surface area contributed by atoms with E-state index in [2.05, 4.69) is 20.8 Å². The molecule has 0 fully saturated rings. The molecule has 1 atom stereocenters. The van der Waals surface area contributed by atoms with E-state index in [1.54, 1.807) is 48.7 Å². The summed E-state index contributed by atoms with van der Waals surface area (Å²) in [5.74, 6) is -0.378. The number of aromatic nitrogens is 3. The van der Waals surface area contributed by atoms with Crippen LogP contribution in [-0.4, -0.2) is 39.2 Å². The molecule has 0 saturated carbocycles. The summed E-state index contributed by atoms with van der Waals surface area (Å²) in [6, 6.07) is 7.85. The van der Waals surface area contributed by atoms with E-state index in [1.807, 2.05) is 6.92 Å². The smallest absolute Gasteiger partial charge is 0.387 e. The Hall–Kier alpha value is -3.53. The van der Waals surface area contributed by atoms with E-state index in [0.29, 0.717) is 16.9 Å². The summed E-state index contributed by atoms with van der Waals surface area (Å²) in [4.78, 5) is 17.0. The highest BCUT2D eigenvalue weighted by Gasteiger charge is 2.31. The van der Waals surface area contributed by atoms with Gasteiger partial charge >= 0.3 is 6.61 Å². The molecule has 1 unspecified atom stereocenters. The maximum atomic E-state index is 12.9. The van der Waals surface area contributed by atoms with Crippen LogP contribution in [0.5, 0.6) is 5.75 Å². The number of carbonyl (C=O) groups is 1. The molecule has 0 aliphatic carbocycles. The maximum Gasteiger partial charge on any atom is 0.387 e. The average Bonchev–Trinajstić information content (AvgIpc) is 3.26. The Kier molecular flexibility index (Phi) is 4.85. The minimum Gasteiger partial charge on any atom is -0.434 e. The van der Waals surface area contributed by atoms with Crippen LogP contribution in [0.4, 0.5) is 8.78 Å². The molecule has 0 saturated heterocycles. The predicted octanol–water partition coefficient (Wildman–Crippen LogP) is 2.40. The standard InChI is InChI=1S/C19H18F2N6O2/c1-11-5-6-15(29-19(20)21)12(8-11)17-13(9-24-26(17)2)25-18(28)14-10-22-16-4-3-7-23-27(14)16/h3-10,17,19,24H,1-2H3,(H,25,28). The van der Waals surface area contributed by atoms with E-state index in [9.17, 15) is 13.6 Å². The molecule has 10 heteroatoms. The first-order chi connectivity index (χ1) is 13.9. The molecule has 3 heterocycles. The summed E-state index contributed by atoms with van der Waals surface area (Å²) in [5.41, 5.74) is 5.63. The van der Waals surface area contributed by atoms with Crippen LogP contribution >= 0.6 is 0 Å². The van der Waals surface area contributed by atoms with Gasteiger partial charge in [0.2, 0.25) is 0 Å². The van der Waals surface area contributed by atoms with E-state index in [4.69, 9.17) is 4.74 Å². The first-order valence-electron chi connectivity index (χ1n) is 8.78. The number of carbonyl (C=O) groups excluding carboxylic acids is 1. The third kappa shape index (κ3) is 3.61. The van der Waals surface area contributed by atoms with Gasteiger partial charge < -0.3 is 15.5 Å². The molecule has 1 aliphatic heterocycles. The number of ether oxygens (including phenoxy) is 1. The van der Waals surface area contributed by atoms with Crippen molar-refractivity contribution in [3.8, 4) is 5.75 Å². The maximum absolute atomic E-state index is 12.9. The number of imidazole rings is 1. The lowest BCUT2D eigenvalue weighted by atomic mass is 10.0. The second-order valence-corrected chi connectivity index (χ2v) is 6.55. The van der Waals surface area contributed by atoms with Gasteiger partial charge in [-0.25, -0.2) is 14.5 Å². The van der Waals surface area contributed by atoms with Crippen LogP contribution < -0.4 is 15.5 Å². The topological polar surface area (TPSA) is 83.8 Å². The number of fused-ring (bicyclic) bond motifs is 1. The van der Waals surface area contributed by atoms with Gasteiger partial charge in [-0.05, 0) is 25.1 Å². The Balaban J connectivity index is 1.65. The van der Waals surface area contributed by atoms with Gasteiger partial charge in [0.05, 0.1) is 17.9 Å². The zero-order chi connectivity index (χ0) is 20.5. The highest BCUT2D eigenvalue weighted by molar-refractivity contribution is 5.94. The van der Waals surface area contributed by atoms with Crippen LogP contribution in [0.15, 0.2) is 54.6 Å². The van der Waals surface area contributed by atoms with Crippen LogP contribution in [-0.2, 0) is 0 Å². The molecule has 1 amide bonds. The third-order valence-corrected chi connectivity index (χ3v) is 4.55. The molecule has 0 bridgehead atoms. The van der Waals surface area contributed by atoms with E-state index in [0.717, 1.165) is 5.56 Å².